The Bertz CT molecular complexity index is 636. The van der Waals surface area contributed by atoms with Gasteiger partial charge in [0.1, 0.15) is 10.0 Å². The van der Waals surface area contributed by atoms with Crippen molar-refractivity contribution in [3.05, 3.63) is 22.2 Å². The lowest BCUT2D eigenvalue weighted by Gasteiger charge is -2.02. The van der Waals surface area contributed by atoms with Gasteiger partial charge in [0.05, 0.1) is 0 Å². The summed E-state index contributed by atoms with van der Waals surface area (Å²) in [4.78, 5) is 0. The summed E-state index contributed by atoms with van der Waals surface area (Å²) in [5.41, 5.74) is 0. The summed E-state index contributed by atoms with van der Waals surface area (Å²) in [6.07, 6.45) is 51.1. The van der Waals surface area contributed by atoms with Crippen LogP contribution in [0.15, 0.2) is 12.2 Å². The van der Waals surface area contributed by atoms with Gasteiger partial charge in [-0.1, -0.05) is 204 Å². The Morgan fingerprint density at radius 2 is 0.610 bits per heavy atom. The number of unbranched alkanes of at least 4 members (excludes halogenated alkanes) is 28. The Kier molecular flexibility index (Phi) is 29.7. The van der Waals surface area contributed by atoms with Crippen molar-refractivity contribution in [2.75, 3.05) is 0 Å². The number of allylic oxidation sites excluding steroid dienone is 2. The summed E-state index contributed by atoms with van der Waals surface area (Å²) in [5.74, 6) is 0. The molecule has 1 aromatic heterocycles. The Morgan fingerprint density at radius 3 is 0.878 bits per heavy atom. The average Bonchev–Trinajstić information content (AvgIpc) is 3.44. The van der Waals surface area contributed by atoms with Crippen LogP contribution in [-0.4, -0.2) is 10.2 Å². The van der Waals surface area contributed by atoms with Gasteiger partial charge in [-0.05, 0) is 37.8 Å². The molecule has 1 rings (SSSR count). The second-order valence-electron chi connectivity index (χ2n) is 12.6. The highest BCUT2D eigenvalue weighted by atomic mass is 32.1. The van der Waals surface area contributed by atoms with Crippen molar-refractivity contribution >= 4 is 23.5 Å². The SMILES string of the molecule is CCCCCCCCCCCCCCCCC=Cc1nnc(C=CCCCCCCCCCCCCCCCC)s1. The molecule has 238 valence electrons. The van der Waals surface area contributed by atoms with Crippen LogP contribution in [0.25, 0.3) is 12.2 Å². The molecule has 0 unspecified atom stereocenters. The van der Waals surface area contributed by atoms with E-state index in [-0.39, 0.29) is 0 Å². The van der Waals surface area contributed by atoms with Gasteiger partial charge in [-0.3, -0.25) is 0 Å². The number of aromatic nitrogens is 2. The van der Waals surface area contributed by atoms with Crippen LogP contribution in [0.4, 0.5) is 0 Å². The summed E-state index contributed by atoms with van der Waals surface area (Å²) in [6, 6.07) is 0. The fraction of sp³-hybridized carbons (Fsp3) is 0.842. The third-order valence-electron chi connectivity index (χ3n) is 8.43. The second kappa shape index (κ2) is 32.0. The molecule has 0 atom stereocenters. The minimum atomic E-state index is 1.05. The van der Waals surface area contributed by atoms with E-state index in [0.29, 0.717) is 0 Å². The molecule has 0 aliphatic rings. The van der Waals surface area contributed by atoms with Crippen LogP contribution in [0.1, 0.15) is 216 Å². The zero-order chi connectivity index (χ0) is 29.3. The van der Waals surface area contributed by atoms with E-state index in [4.69, 9.17) is 0 Å². The average molecular weight is 587 g/mol. The number of rotatable bonds is 32. The molecular weight excluding hydrogens is 516 g/mol. The van der Waals surface area contributed by atoms with Gasteiger partial charge in [0.15, 0.2) is 0 Å². The predicted octanol–water partition coefficient (Wildman–Crippen LogP) is 14.3. The molecule has 0 saturated carbocycles. The van der Waals surface area contributed by atoms with E-state index in [9.17, 15) is 0 Å². The quantitative estimate of drug-likeness (QED) is 0.0785. The lowest BCUT2D eigenvalue weighted by atomic mass is 10.0. The van der Waals surface area contributed by atoms with Crippen molar-refractivity contribution in [3.63, 3.8) is 0 Å². The Balaban J connectivity index is 1.86. The van der Waals surface area contributed by atoms with Crippen molar-refractivity contribution in [1.29, 1.82) is 0 Å². The third-order valence-corrected chi connectivity index (χ3v) is 9.28. The molecule has 1 heterocycles. The monoisotopic (exact) mass is 587 g/mol. The van der Waals surface area contributed by atoms with Gasteiger partial charge < -0.3 is 0 Å². The number of hydrogen-bond donors (Lipinski definition) is 0. The van der Waals surface area contributed by atoms with Crippen molar-refractivity contribution in [3.8, 4) is 0 Å². The van der Waals surface area contributed by atoms with Crippen molar-refractivity contribution in [2.45, 2.75) is 206 Å². The first kappa shape index (κ1) is 38.1. The lowest BCUT2D eigenvalue weighted by molar-refractivity contribution is 0.536. The van der Waals surface area contributed by atoms with Crippen LogP contribution in [0.2, 0.25) is 0 Å². The molecule has 0 bridgehead atoms. The molecule has 0 aliphatic heterocycles. The maximum absolute atomic E-state index is 4.35. The largest absolute Gasteiger partial charge is 0.140 e. The minimum Gasteiger partial charge on any atom is -0.139 e. The molecule has 0 N–H and O–H groups in total. The molecule has 2 nitrogen and oxygen atoms in total. The Labute approximate surface area is 261 Å². The summed E-state index contributed by atoms with van der Waals surface area (Å²) in [5, 5.41) is 10.8. The van der Waals surface area contributed by atoms with Crippen molar-refractivity contribution in [2.24, 2.45) is 0 Å². The van der Waals surface area contributed by atoms with Gasteiger partial charge in [-0.2, -0.15) is 0 Å². The molecule has 41 heavy (non-hydrogen) atoms. The van der Waals surface area contributed by atoms with Gasteiger partial charge in [-0.25, -0.2) is 0 Å². The van der Waals surface area contributed by atoms with Crippen LogP contribution in [0, 0.1) is 0 Å². The van der Waals surface area contributed by atoms with E-state index in [0.717, 1.165) is 10.0 Å². The molecule has 1 aromatic rings. The Morgan fingerprint density at radius 1 is 0.366 bits per heavy atom. The molecule has 0 spiro atoms. The summed E-state index contributed by atoms with van der Waals surface area (Å²) < 4.78 is 0. The van der Waals surface area contributed by atoms with Gasteiger partial charge in [-0.15, -0.1) is 10.2 Å². The first-order valence-electron chi connectivity index (χ1n) is 18.5. The molecule has 0 saturated heterocycles. The minimum absolute atomic E-state index is 1.05. The number of nitrogens with zero attached hydrogens (tertiary/aromatic N) is 2. The first-order chi connectivity index (χ1) is 20.4. The lowest BCUT2D eigenvalue weighted by Crippen LogP contribution is -1.83. The van der Waals surface area contributed by atoms with Crippen LogP contribution >= 0.6 is 11.3 Å². The zero-order valence-corrected chi connectivity index (χ0v) is 28.6. The van der Waals surface area contributed by atoms with Gasteiger partial charge in [0.25, 0.3) is 0 Å². The van der Waals surface area contributed by atoms with Crippen LogP contribution in [0.3, 0.4) is 0 Å². The first-order valence-corrected chi connectivity index (χ1v) is 19.3. The van der Waals surface area contributed by atoms with E-state index >= 15 is 0 Å². The molecule has 0 radical (unpaired) electrons. The van der Waals surface area contributed by atoms with Crippen molar-refractivity contribution < 1.29 is 0 Å². The molecule has 0 aliphatic carbocycles. The topological polar surface area (TPSA) is 25.8 Å². The highest BCUT2D eigenvalue weighted by Crippen LogP contribution is 2.17. The van der Waals surface area contributed by atoms with E-state index in [1.807, 2.05) is 0 Å². The Hall–Kier alpha value is -0.960. The molecule has 0 amide bonds. The van der Waals surface area contributed by atoms with E-state index in [1.54, 1.807) is 11.3 Å². The molecular formula is C38H70N2S. The fourth-order valence-corrected chi connectivity index (χ4v) is 6.37. The van der Waals surface area contributed by atoms with Crippen LogP contribution < -0.4 is 0 Å². The second-order valence-corrected chi connectivity index (χ2v) is 13.6. The van der Waals surface area contributed by atoms with Gasteiger partial charge >= 0.3 is 0 Å². The van der Waals surface area contributed by atoms with Gasteiger partial charge in [0.2, 0.25) is 0 Å². The third kappa shape index (κ3) is 27.6. The number of hydrogen-bond acceptors (Lipinski definition) is 3. The predicted molar refractivity (Wildman–Crippen MR) is 188 cm³/mol. The summed E-state index contributed by atoms with van der Waals surface area (Å²) >= 11 is 1.71. The maximum atomic E-state index is 4.35. The van der Waals surface area contributed by atoms with E-state index < -0.39 is 0 Å². The van der Waals surface area contributed by atoms with Gasteiger partial charge in [0, 0.05) is 0 Å². The fourth-order valence-electron chi connectivity index (χ4n) is 5.66. The maximum Gasteiger partial charge on any atom is 0.140 e. The molecule has 0 fully saturated rings. The normalized spacial score (nSPS) is 12.0. The molecule has 3 heteroatoms. The summed E-state index contributed by atoms with van der Waals surface area (Å²) in [6.45, 7) is 4.60. The highest BCUT2D eigenvalue weighted by molar-refractivity contribution is 7.13. The van der Waals surface area contributed by atoms with Crippen molar-refractivity contribution in [1.82, 2.24) is 10.2 Å². The smallest absolute Gasteiger partial charge is 0.139 e. The van der Waals surface area contributed by atoms with Crippen LogP contribution in [-0.2, 0) is 0 Å². The van der Waals surface area contributed by atoms with Crippen LogP contribution in [0.5, 0.6) is 0 Å². The standard InChI is InChI=1S/C38H70N2S/c1-3-5-7-9-11-13-15-17-19-21-23-25-27-29-31-33-35-37-39-40-38(41-37)36-34-32-30-28-26-24-22-20-18-16-14-12-10-8-6-4-2/h33-36H,3-32H2,1-2H3. The van der Waals surface area contributed by atoms with E-state index in [1.165, 1.54) is 193 Å². The van der Waals surface area contributed by atoms with E-state index in [2.05, 4.69) is 48.3 Å². The zero-order valence-electron chi connectivity index (χ0n) is 27.8. The highest BCUT2D eigenvalue weighted by Gasteiger charge is 1.98. The molecule has 0 aromatic carbocycles. The summed E-state index contributed by atoms with van der Waals surface area (Å²) in [7, 11) is 0.